The molecule has 0 bridgehead atoms. The summed E-state index contributed by atoms with van der Waals surface area (Å²) in [5.74, 6) is 0.607. The van der Waals surface area contributed by atoms with Crippen molar-refractivity contribution < 1.29 is 4.79 Å². The predicted molar refractivity (Wildman–Crippen MR) is 62.5 cm³/mol. The molecule has 0 aromatic carbocycles. The SMILES string of the molecule is C=C1C(=O)C=C[C@H]2C(C)(C)CCC[C@]12C. The fraction of sp³-hybridized carbons (Fsp3) is 0.643. The molecule has 0 amide bonds. The van der Waals surface area contributed by atoms with Crippen LogP contribution >= 0.6 is 0 Å². The number of fused-ring (bicyclic) bond motifs is 1. The first-order chi connectivity index (χ1) is 6.88. The van der Waals surface area contributed by atoms with Gasteiger partial charge in [-0.05, 0) is 35.8 Å². The van der Waals surface area contributed by atoms with Crippen molar-refractivity contribution in [3.8, 4) is 0 Å². The molecular weight excluding hydrogens is 184 g/mol. The molecule has 2 rings (SSSR count). The number of hydrogen-bond acceptors (Lipinski definition) is 1. The first-order valence-corrected chi connectivity index (χ1v) is 5.80. The van der Waals surface area contributed by atoms with E-state index in [2.05, 4.69) is 33.4 Å². The molecule has 1 nitrogen and oxygen atoms in total. The van der Waals surface area contributed by atoms with Crippen molar-refractivity contribution >= 4 is 5.78 Å². The molecule has 0 aromatic heterocycles. The van der Waals surface area contributed by atoms with Crippen LogP contribution in [0.1, 0.15) is 40.0 Å². The second-order valence-corrected chi connectivity index (χ2v) is 5.94. The molecule has 0 N–H and O–H groups in total. The van der Waals surface area contributed by atoms with E-state index in [4.69, 9.17) is 0 Å². The number of carbonyl (C=O) groups is 1. The Bertz CT molecular complexity index is 348. The second kappa shape index (κ2) is 3.07. The van der Waals surface area contributed by atoms with E-state index in [1.54, 1.807) is 6.08 Å². The van der Waals surface area contributed by atoms with Crippen LogP contribution in [0, 0.1) is 16.7 Å². The van der Waals surface area contributed by atoms with Gasteiger partial charge in [-0.15, -0.1) is 0 Å². The smallest absolute Gasteiger partial charge is 0.181 e. The van der Waals surface area contributed by atoms with Gasteiger partial charge in [-0.1, -0.05) is 39.8 Å². The van der Waals surface area contributed by atoms with Crippen LogP contribution in [0.2, 0.25) is 0 Å². The Kier molecular flexibility index (Phi) is 2.18. The average Bonchev–Trinajstić information content (AvgIpc) is 2.12. The summed E-state index contributed by atoms with van der Waals surface area (Å²) < 4.78 is 0. The van der Waals surface area contributed by atoms with Gasteiger partial charge in [-0.3, -0.25) is 4.79 Å². The summed E-state index contributed by atoms with van der Waals surface area (Å²) in [4.78, 5) is 11.7. The van der Waals surface area contributed by atoms with Gasteiger partial charge in [-0.25, -0.2) is 0 Å². The number of hydrogen-bond donors (Lipinski definition) is 0. The number of ketones is 1. The van der Waals surface area contributed by atoms with E-state index in [1.165, 1.54) is 12.8 Å². The molecule has 1 fully saturated rings. The van der Waals surface area contributed by atoms with Gasteiger partial charge in [0.25, 0.3) is 0 Å². The van der Waals surface area contributed by atoms with Crippen LogP contribution in [0.3, 0.4) is 0 Å². The van der Waals surface area contributed by atoms with Gasteiger partial charge in [0, 0.05) is 5.41 Å². The number of allylic oxidation sites excluding steroid dienone is 3. The summed E-state index contributed by atoms with van der Waals surface area (Å²) in [5.41, 5.74) is 1.13. The fourth-order valence-electron chi connectivity index (χ4n) is 3.46. The van der Waals surface area contributed by atoms with Crippen LogP contribution in [0.5, 0.6) is 0 Å². The lowest BCUT2D eigenvalue weighted by Crippen LogP contribution is -2.45. The Balaban J connectivity index is 2.48. The minimum absolute atomic E-state index is 0.00752. The zero-order chi connectivity index (χ0) is 11.3. The molecule has 0 unspecified atom stereocenters. The zero-order valence-electron chi connectivity index (χ0n) is 9.97. The Hall–Kier alpha value is -0.850. The highest BCUT2D eigenvalue weighted by Gasteiger charge is 2.49. The van der Waals surface area contributed by atoms with Crippen LogP contribution in [0.25, 0.3) is 0 Å². The van der Waals surface area contributed by atoms with Crippen LogP contribution in [-0.2, 0) is 4.79 Å². The Morgan fingerprint density at radius 2 is 2.00 bits per heavy atom. The first-order valence-electron chi connectivity index (χ1n) is 5.80. The Morgan fingerprint density at radius 1 is 1.33 bits per heavy atom. The van der Waals surface area contributed by atoms with Crippen molar-refractivity contribution in [3.63, 3.8) is 0 Å². The van der Waals surface area contributed by atoms with Crippen LogP contribution in [0.15, 0.2) is 24.3 Å². The van der Waals surface area contributed by atoms with Crippen molar-refractivity contribution in [2.45, 2.75) is 40.0 Å². The first kappa shape index (κ1) is 10.7. The highest BCUT2D eigenvalue weighted by molar-refractivity contribution is 6.05. The molecule has 2 atom stereocenters. The van der Waals surface area contributed by atoms with Crippen LogP contribution < -0.4 is 0 Å². The standard InChI is InChI=1S/C14H20O/c1-10-11(15)6-7-12-13(2,3)8-5-9-14(10,12)4/h6-7,12H,1,5,8-9H2,2-4H3/t12-,14+/m0/s1. The Labute approximate surface area is 92.3 Å². The highest BCUT2D eigenvalue weighted by atomic mass is 16.1. The van der Waals surface area contributed by atoms with Crippen molar-refractivity contribution in [3.05, 3.63) is 24.3 Å². The molecule has 2 aliphatic rings. The molecule has 1 saturated carbocycles. The van der Waals surface area contributed by atoms with Crippen molar-refractivity contribution in [2.75, 3.05) is 0 Å². The van der Waals surface area contributed by atoms with E-state index < -0.39 is 0 Å². The van der Waals surface area contributed by atoms with E-state index in [0.717, 1.165) is 12.0 Å². The second-order valence-electron chi connectivity index (χ2n) is 5.94. The maximum Gasteiger partial charge on any atom is 0.181 e. The third-order valence-electron chi connectivity index (χ3n) is 4.47. The van der Waals surface area contributed by atoms with E-state index in [9.17, 15) is 4.79 Å². The van der Waals surface area contributed by atoms with Gasteiger partial charge in [-0.2, -0.15) is 0 Å². The van der Waals surface area contributed by atoms with Gasteiger partial charge in [0.05, 0.1) is 0 Å². The number of carbonyl (C=O) groups excluding carboxylic acids is 1. The van der Waals surface area contributed by atoms with Gasteiger partial charge in [0.1, 0.15) is 0 Å². The Morgan fingerprint density at radius 3 is 2.67 bits per heavy atom. The monoisotopic (exact) mass is 204 g/mol. The molecule has 2 aliphatic carbocycles. The van der Waals surface area contributed by atoms with Gasteiger partial charge >= 0.3 is 0 Å². The lowest BCUT2D eigenvalue weighted by molar-refractivity contribution is -0.114. The normalized spacial score (nSPS) is 39.0. The highest BCUT2D eigenvalue weighted by Crippen LogP contribution is 2.56. The van der Waals surface area contributed by atoms with Gasteiger partial charge in [0.15, 0.2) is 5.78 Å². The van der Waals surface area contributed by atoms with Crippen molar-refractivity contribution in [1.82, 2.24) is 0 Å². The summed E-state index contributed by atoms with van der Waals surface area (Å²) in [6.07, 6.45) is 7.41. The quantitative estimate of drug-likeness (QED) is 0.552. The summed E-state index contributed by atoms with van der Waals surface area (Å²) in [6, 6.07) is 0. The van der Waals surface area contributed by atoms with Crippen LogP contribution in [0.4, 0.5) is 0 Å². The molecule has 0 radical (unpaired) electrons. The minimum Gasteiger partial charge on any atom is -0.290 e. The van der Waals surface area contributed by atoms with E-state index in [0.29, 0.717) is 11.3 Å². The lowest BCUT2D eigenvalue weighted by Gasteiger charge is -2.51. The molecule has 15 heavy (non-hydrogen) atoms. The predicted octanol–water partition coefficient (Wildman–Crippen LogP) is 3.51. The minimum atomic E-state index is 0.00752. The largest absolute Gasteiger partial charge is 0.290 e. The van der Waals surface area contributed by atoms with E-state index in [1.807, 2.05) is 0 Å². The summed E-state index contributed by atoms with van der Waals surface area (Å²) in [7, 11) is 0. The molecule has 0 aliphatic heterocycles. The fourth-order valence-corrected chi connectivity index (χ4v) is 3.46. The van der Waals surface area contributed by atoms with Gasteiger partial charge < -0.3 is 0 Å². The molecule has 1 heteroatoms. The maximum absolute atomic E-state index is 11.7. The molecule has 0 aromatic rings. The molecule has 0 heterocycles. The third kappa shape index (κ3) is 1.40. The average molecular weight is 204 g/mol. The maximum atomic E-state index is 11.7. The summed E-state index contributed by atoms with van der Waals surface area (Å²) in [5, 5.41) is 0. The van der Waals surface area contributed by atoms with Crippen LogP contribution in [-0.4, -0.2) is 5.78 Å². The van der Waals surface area contributed by atoms with Crippen molar-refractivity contribution in [2.24, 2.45) is 16.7 Å². The third-order valence-corrected chi connectivity index (χ3v) is 4.47. The number of rotatable bonds is 0. The summed E-state index contributed by atoms with van der Waals surface area (Å²) in [6.45, 7) is 10.8. The van der Waals surface area contributed by atoms with E-state index in [-0.39, 0.29) is 11.2 Å². The van der Waals surface area contributed by atoms with E-state index >= 15 is 0 Å². The lowest BCUT2D eigenvalue weighted by atomic mass is 9.52. The molecular formula is C14H20O. The molecule has 0 spiro atoms. The summed E-state index contributed by atoms with van der Waals surface area (Å²) >= 11 is 0. The van der Waals surface area contributed by atoms with Gasteiger partial charge in [0.2, 0.25) is 0 Å². The van der Waals surface area contributed by atoms with Crippen molar-refractivity contribution in [1.29, 1.82) is 0 Å². The zero-order valence-corrected chi connectivity index (χ0v) is 9.97. The molecule has 82 valence electrons. The molecule has 0 saturated heterocycles. The topological polar surface area (TPSA) is 17.1 Å².